The van der Waals surface area contributed by atoms with Gasteiger partial charge in [0.05, 0.1) is 17.0 Å². The van der Waals surface area contributed by atoms with Gasteiger partial charge in [0.25, 0.3) is 5.56 Å². The van der Waals surface area contributed by atoms with Crippen LogP contribution in [-0.2, 0) is 9.47 Å². The van der Waals surface area contributed by atoms with Crippen LogP contribution in [0.25, 0.3) is 21.3 Å². The number of rotatable bonds is 6. The molecule has 28 heavy (non-hydrogen) atoms. The highest BCUT2D eigenvalue weighted by Crippen LogP contribution is 2.29. The van der Waals surface area contributed by atoms with E-state index in [2.05, 4.69) is 9.97 Å². The summed E-state index contributed by atoms with van der Waals surface area (Å²) in [6.07, 6.45) is 1.65. The number of hydrogen-bond donors (Lipinski definition) is 1. The monoisotopic (exact) mass is 438 g/mol. The third kappa shape index (κ3) is 4.44. The number of carbonyl (C=O) groups is 1. The van der Waals surface area contributed by atoms with E-state index in [1.165, 1.54) is 7.11 Å². The smallest absolute Gasteiger partial charge is 0.348 e. The first-order chi connectivity index (χ1) is 13.4. The molecule has 146 valence electrons. The maximum absolute atomic E-state index is 12.6. The summed E-state index contributed by atoms with van der Waals surface area (Å²) >= 11 is 13.4. The van der Waals surface area contributed by atoms with Crippen LogP contribution in [0.5, 0.6) is 0 Å². The predicted molar refractivity (Wildman–Crippen MR) is 112 cm³/mol. The van der Waals surface area contributed by atoms with E-state index < -0.39 is 5.97 Å². The number of aromatic nitrogens is 2. The summed E-state index contributed by atoms with van der Waals surface area (Å²) < 4.78 is 10.0. The number of ether oxygens (including phenoxy) is 2. The number of methoxy groups -OCH3 is 1. The number of halogens is 2. The number of H-pyrrole nitrogens is 1. The highest BCUT2D eigenvalue weighted by Gasteiger charge is 2.21. The molecule has 0 aliphatic heterocycles. The maximum Gasteiger partial charge on any atom is 0.348 e. The Morgan fingerprint density at radius 3 is 2.86 bits per heavy atom. The molecule has 3 aromatic rings. The van der Waals surface area contributed by atoms with Crippen molar-refractivity contribution < 1.29 is 14.3 Å². The highest BCUT2D eigenvalue weighted by atomic mass is 35.5. The van der Waals surface area contributed by atoms with Crippen molar-refractivity contribution in [3.63, 3.8) is 0 Å². The van der Waals surface area contributed by atoms with Gasteiger partial charge >= 0.3 is 5.97 Å². The Morgan fingerprint density at radius 2 is 2.14 bits per heavy atom. The predicted octanol–water partition coefficient (Wildman–Crippen LogP) is 4.49. The minimum atomic E-state index is -0.515. The van der Waals surface area contributed by atoms with Gasteiger partial charge in [-0.3, -0.25) is 4.79 Å². The fourth-order valence-electron chi connectivity index (χ4n) is 2.55. The molecule has 0 bridgehead atoms. The molecular formula is C19H16Cl2N2O4S. The van der Waals surface area contributed by atoms with E-state index in [0.29, 0.717) is 32.3 Å². The summed E-state index contributed by atoms with van der Waals surface area (Å²) in [5.41, 5.74) is 0.921. The van der Waals surface area contributed by atoms with E-state index in [0.717, 1.165) is 16.9 Å². The summed E-state index contributed by atoms with van der Waals surface area (Å²) in [5, 5.41) is 1.16. The maximum atomic E-state index is 12.6. The van der Waals surface area contributed by atoms with E-state index >= 15 is 0 Å². The van der Waals surface area contributed by atoms with Gasteiger partial charge in [-0.25, -0.2) is 9.78 Å². The minimum absolute atomic E-state index is 0.131. The molecule has 1 aromatic carbocycles. The Hall–Kier alpha value is -2.19. The van der Waals surface area contributed by atoms with Crippen LogP contribution in [0, 0.1) is 6.92 Å². The largest absolute Gasteiger partial charge is 0.459 e. The molecule has 0 unspecified atom stereocenters. The number of esters is 1. The molecule has 0 saturated carbocycles. The topological polar surface area (TPSA) is 81.3 Å². The Kier molecular flexibility index (Phi) is 6.51. The molecule has 1 N–H and O–H groups in total. The van der Waals surface area contributed by atoms with E-state index in [1.54, 1.807) is 31.2 Å². The Balaban J connectivity index is 1.98. The molecule has 0 atom stereocenters. The number of hydrogen-bond acceptors (Lipinski definition) is 6. The molecule has 0 aliphatic rings. The number of aryl methyl sites for hydroxylation is 1. The number of benzene rings is 1. The van der Waals surface area contributed by atoms with Crippen molar-refractivity contribution in [1.29, 1.82) is 0 Å². The van der Waals surface area contributed by atoms with Gasteiger partial charge in [-0.15, -0.1) is 11.3 Å². The third-order valence-electron chi connectivity index (χ3n) is 3.87. The van der Waals surface area contributed by atoms with Gasteiger partial charge in [0.2, 0.25) is 0 Å². The lowest BCUT2D eigenvalue weighted by molar-refractivity contribution is 0.0393. The second-order valence-corrected chi connectivity index (χ2v) is 7.67. The summed E-state index contributed by atoms with van der Waals surface area (Å²) in [6, 6.07) is 7.11. The van der Waals surface area contributed by atoms with Crippen molar-refractivity contribution in [2.75, 3.05) is 20.3 Å². The first kappa shape index (κ1) is 20.5. The molecule has 3 rings (SSSR count). The highest BCUT2D eigenvalue weighted by molar-refractivity contribution is 7.20. The number of carbonyl (C=O) groups excluding carboxylic acids is 1. The Bertz CT molecular complexity index is 1120. The van der Waals surface area contributed by atoms with Crippen molar-refractivity contribution in [3.8, 4) is 0 Å². The van der Waals surface area contributed by atoms with Gasteiger partial charge < -0.3 is 14.5 Å². The molecular weight excluding hydrogens is 423 g/mol. The molecule has 0 aliphatic carbocycles. The number of nitrogens with one attached hydrogen (secondary N) is 1. The van der Waals surface area contributed by atoms with Crippen LogP contribution in [-0.4, -0.2) is 36.3 Å². The van der Waals surface area contributed by atoms with Gasteiger partial charge in [0.1, 0.15) is 16.3 Å². The lowest BCUT2D eigenvalue weighted by atomic mass is 10.2. The molecule has 0 amide bonds. The summed E-state index contributed by atoms with van der Waals surface area (Å²) in [6.45, 7) is 2.11. The summed E-state index contributed by atoms with van der Waals surface area (Å²) in [4.78, 5) is 32.6. The van der Waals surface area contributed by atoms with Crippen LogP contribution in [0.15, 0.2) is 29.1 Å². The second kappa shape index (κ2) is 8.87. The quantitative estimate of drug-likeness (QED) is 0.452. The van der Waals surface area contributed by atoms with Crippen LogP contribution in [0.3, 0.4) is 0 Å². The summed E-state index contributed by atoms with van der Waals surface area (Å²) in [7, 11) is 1.52. The van der Waals surface area contributed by atoms with Crippen molar-refractivity contribution in [2.24, 2.45) is 0 Å². The fourth-order valence-corrected chi connectivity index (χ4v) is 4.04. The van der Waals surface area contributed by atoms with Crippen LogP contribution in [0.4, 0.5) is 0 Å². The van der Waals surface area contributed by atoms with E-state index in [4.69, 9.17) is 32.7 Å². The molecule has 6 nitrogen and oxygen atoms in total. The van der Waals surface area contributed by atoms with Crippen molar-refractivity contribution >= 4 is 61.8 Å². The number of fused-ring (bicyclic) bond motifs is 1. The average Bonchev–Trinajstić information content (AvgIpc) is 2.99. The number of thiophene rings is 1. The van der Waals surface area contributed by atoms with Crippen molar-refractivity contribution in [1.82, 2.24) is 9.97 Å². The molecule has 0 saturated heterocycles. The van der Waals surface area contributed by atoms with Gasteiger partial charge in [-0.05, 0) is 36.3 Å². The van der Waals surface area contributed by atoms with Gasteiger partial charge in [0.15, 0.2) is 5.82 Å². The van der Waals surface area contributed by atoms with Crippen LogP contribution in [0.2, 0.25) is 5.02 Å². The van der Waals surface area contributed by atoms with Gasteiger partial charge in [-0.1, -0.05) is 35.3 Å². The molecule has 0 fully saturated rings. The molecule has 0 spiro atoms. The Labute approximate surface area is 174 Å². The van der Waals surface area contributed by atoms with E-state index in [9.17, 15) is 9.59 Å². The first-order valence-corrected chi connectivity index (χ1v) is 9.80. The molecule has 9 heteroatoms. The Morgan fingerprint density at radius 1 is 1.36 bits per heavy atom. The van der Waals surface area contributed by atoms with Gasteiger partial charge in [0, 0.05) is 12.1 Å². The van der Waals surface area contributed by atoms with E-state index in [1.807, 2.05) is 6.07 Å². The van der Waals surface area contributed by atoms with Crippen LogP contribution < -0.4 is 5.56 Å². The third-order valence-corrected chi connectivity index (χ3v) is 5.56. The van der Waals surface area contributed by atoms with Crippen LogP contribution >= 0.6 is 34.5 Å². The lowest BCUT2D eigenvalue weighted by Gasteiger charge is -2.02. The number of aromatic amines is 1. The zero-order valence-electron chi connectivity index (χ0n) is 15.0. The fraction of sp³-hybridized carbons (Fsp3) is 0.211. The first-order valence-electron chi connectivity index (χ1n) is 8.23. The van der Waals surface area contributed by atoms with Crippen LogP contribution in [0.1, 0.15) is 26.6 Å². The molecule has 2 heterocycles. The SMILES string of the molecule is COCCOC(=O)c1sc2nc(/C(Cl)=C/c3cccc(Cl)c3)[nH]c(=O)c2c1C. The molecule has 0 radical (unpaired) electrons. The minimum Gasteiger partial charge on any atom is -0.459 e. The summed E-state index contributed by atoms with van der Waals surface area (Å²) in [5.74, 6) is -0.307. The zero-order chi connectivity index (χ0) is 20.3. The normalized spacial score (nSPS) is 11.8. The average molecular weight is 439 g/mol. The lowest BCUT2D eigenvalue weighted by Crippen LogP contribution is -2.11. The van der Waals surface area contributed by atoms with Gasteiger partial charge in [-0.2, -0.15) is 0 Å². The second-order valence-electron chi connectivity index (χ2n) is 5.83. The van der Waals surface area contributed by atoms with E-state index in [-0.39, 0.29) is 23.0 Å². The molecule has 2 aromatic heterocycles. The number of nitrogens with zero attached hydrogens (tertiary/aromatic N) is 1. The van der Waals surface area contributed by atoms with Crippen molar-refractivity contribution in [3.05, 3.63) is 61.5 Å². The van der Waals surface area contributed by atoms with Crippen molar-refractivity contribution in [2.45, 2.75) is 6.92 Å². The standard InChI is InChI=1S/C19H16Cl2N2O4S/c1-10-14-17(24)22-16(13(21)9-11-4-3-5-12(20)8-11)23-18(14)28-15(10)19(25)27-7-6-26-2/h3-5,8-9H,6-7H2,1-2H3,(H,22,23,24)/b13-9-. The zero-order valence-corrected chi connectivity index (χ0v) is 17.4.